The number of esters is 1. The highest BCUT2D eigenvalue weighted by Gasteiger charge is 2.20. The van der Waals surface area contributed by atoms with Crippen LogP contribution in [0.2, 0.25) is 0 Å². The average molecular weight is 391 g/mol. The summed E-state index contributed by atoms with van der Waals surface area (Å²) < 4.78 is 4.49. The van der Waals surface area contributed by atoms with Gasteiger partial charge in [0.2, 0.25) is 11.8 Å². The van der Waals surface area contributed by atoms with Gasteiger partial charge in [0.15, 0.2) is 5.12 Å². The summed E-state index contributed by atoms with van der Waals surface area (Å²) in [5, 5.41) is 14.4. The van der Waals surface area contributed by atoms with Crippen LogP contribution in [0.1, 0.15) is 46.0 Å². The number of amides is 2. The standard InChI is InChI=1S/C17H30N2O6S/c1-17(2,12-20)11-14(22)18-8-7-13(21)19-9-10-26-16(24)6-4-5-15(23)25-3/h20H,4-12H2,1-3H3,(H,18,22)(H,19,21). The molecule has 2 amide bonds. The largest absolute Gasteiger partial charge is 0.469 e. The normalized spacial score (nSPS) is 10.9. The number of carbonyl (C=O) groups is 4. The lowest BCUT2D eigenvalue weighted by molar-refractivity contribution is -0.140. The lowest BCUT2D eigenvalue weighted by Crippen LogP contribution is -2.34. The number of aliphatic hydroxyl groups excluding tert-OH is 1. The van der Waals surface area contributed by atoms with Gasteiger partial charge >= 0.3 is 5.97 Å². The lowest BCUT2D eigenvalue weighted by Gasteiger charge is -2.20. The van der Waals surface area contributed by atoms with Crippen LogP contribution in [0.4, 0.5) is 0 Å². The summed E-state index contributed by atoms with van der Waals surface area (Å²) in [5.74, 6) is -0.280. The average Bonchev–Trinajstić information content (AvgIpc) is 2.58. The third-order valence-electron chi connectivity index (χ3n) is 3.42. The van der Waals surface area contributed by atoms with Crippen molar-refractivity contribution in [3.05, 3.63) is 0 Å². The van der Waals surface area contributed by atoms with Gasteiger partial charge in [-0.3, -0.25) is 19.2 Å². The van der Waals surface area contributed by atoms with E-state index in [4.69, 9.17) is 5.11 Å². The zero-order valence-electron chi connectivity index (χ0n) is 15.8. The fourth-order valence-corrected chi connectivity index (χ4v) is 2.58. The molecule has 3 N–H and O–H groups in total. The summed E-state index contributed by atoms with van der Waals surface area (Å²) in [6.07, 6.45) is 1.32. The smallest absolute Gasteiger partial charge is 0.305 e. The molecule has 8 nitrogen and oxygen atoms in total. The van der Waals surface area contributed by atoms with Crippen molar-refractivity contribution in [3.63, 3.8) is 0 Å². The zero-order valence-corrected chi connectivity index (χ0v) is 16.6. The highest BCUT2D eigenvalue weighted by molar-refractivity contribution is 8.13. The predicted octanol–water partition coefficient (Wildman–Crippen LogP) is 0.621. The number of carbonyl (C=O) groups excluding carboxylic acids is 4. The molecule has 0 unspecified atom stereocenters. The molecular formula is C17H30N2O6S. The monoisotopic (exact) mass is 390 g/mol. The quantitative estimate of drug-likeness (QED) is 0.311. The van der Waals surface area contributed by atoms with Crippen molar-refractivity contribution in [2.45, 2.75) is 46.0 Å². The molecule has 9 heteroatoms. The predicted molar refractivity (Wildman–Crippen MR) is 99.5 cm³/mol. The fourth-order valence-electron chi connectivity index (χ4n) is 1.86. The maximum absolute atomic E-state index is 11.7. The number of ether oxygens (including phenoxy) is 1. The molecule has 0 spiro atoms. The number of rotatable bonds is 13. The van der Waals surface area contributed by atoms with Crippen LogP contribution in [-0.2, 0) is 23.9 Å². The van der Waals surface area contributed by atoms with Crippen LogP contribution < -0.4 is 10.6 Å². The molecule has 0 heterocycles. The van der Waals surface area contributed by atoms with E-state index < -0.39 is 5.41 Å². The van der Waals surface area contributed by atoms with Gasteiger partial charge in [-0.15, -0.1) is 0 Å². The molecule has 0 rings (SSSR count). The summed E-state index contributed by atoms with van der Waals surface area (Å²) in [6.45, 7) is 4.07. The van der Waals surface area contributed by atoms with Gasteiger partial charge in [0.1, 0.15) is 0 Å². The number of hydrogen-bond acceptors (Lipinski definition) is 7. The van der Waals surface area contributed by atoms with Crippen LogP contribution in [0.15, 0.2) is 0 Å². The third kappa shape index (κ3) is 13.7. The molecule has 0 bridgehead atoms. The molecule has 0 saturated heterocycles. The first kappa shape index (κ1) is 24.4. The first-order chi connectivity index (χ1) is 12.2. The van der Waals surface area contributed by atoms with Crippen molar-refractivity contribution in [2.24, 2.45) is 5.41 Å². The molecule has 0 atom stereocenters. The Bertz CT molecular complexity index is 482. The molecule has 0 aliphatic carbocycles. The van der Waals surface area contributed by atoms with E-state index in [0.717, 1.165) is 11.8 Å². The third-order valence-corrected chi connectivity index (χ3v) is 4.35. The Morgan fingerprint density at radius 1 is 1.00 bits per heavy atom. The van der Waals surface area contributed by atoms with E-state index >= 15 is 0 Å². The number of hydrogen-bond donors (Lipinski definition) is 3. The zero-order chi connectivity index (χ0) is 20.0. The SMILES string of the molecule is COC(=O)CCCC(=O)SCCNC(=O)CCNC(=O)CC(C)(C)CO. The minimum atomic E-state index is -0.479. The Morgan fingerprint density at radius 3 is 2.27 bits per heavy atom. The Hall–Kier alpha value is -1.61. The highest BCUT2D eigenvalue weighted by atomic mass is 32.2. The van der Waals surface area contributed by atoms with Gasteiger partial charge in [-0.1, -0.05) is 25.6 Å². The molecule has 0 fully saturated rings. The van der Waals surface area contributed by atoms with Crippen molar-refractivity contribution < 1.29 is 29.0 Å². The van der Waals surface area contributed by atoms with Gasteiger partial charge in [0, 0.05) is 51.1 Å². The first-order valence-corrected chi connectivity index (χ1v) is 9.55. The van der Waals surface area contributed by atoms with Crippen LogP contribution in [0.5, 0.6) is 0 Å². The van der Waals surface area contributed by atoms with Gasteiger partial charge < -0.3 is 20.5 Å². The summed E-state index contributed by atoms with van der Waals surface area (Å²) in [5.41, 5.74) is -0.479. The molecular weight excluding hydrogens is 360 g/mol. The number of nitrogens with one attached hydrogen (secondary N) is 2. The Morgan fingerprint density at radius 2 is 1.65 bits per heavy atom. The van der Waals surface area contributed by atoms with E-state index in [2.05, 4.69) is 15.4 Å². The van der Waals surface area contributed by atoms with E-state index in [1.54, 1.807) is 13.8 Å². The van der Waals surface area contributed by atoms with Gasteiger partial charge in [-0.2, -0.15) is 0 Å². The van der Waals surface area contributed by atoms with E-state index in [9.17, 15) is 19.2 Å². The second-order valence-electron chi connectivity index (χ2n) is 6.60. The number of thioether (sulfide) groups is 1. The molecule has 0 aromatic carbocycles. The number of aliphatic hydroxyl groups is 1. The first-order valence-electron chi connectivity index (χ1n) is 8.57. The molecule has 0 aliphatic heterocycles. The van der Waals surface area contributed by atoms with Crippen molar-refractivity contribution in [3.8, 4) is 0 Å². The Labute approximate surface area is 158 Å². The van der Waals surface area contributed by atoms with Gasteiger partial charge in [-0.25, -0.2) is 0 Å². The molecule has 0 saturated carbocycles. The minimum Gasteiger partial charge on any atom is -0.469 e. The molecule has 26 heavy (non-hydrogen) atoms. The van der Waals surface area contributed by atoms with E-state index in [-0.39, 0.29) is 55.3 Å². The van der Waals surface area contributed by atoms with Crippen molar-refractivity contribution in [1.29, 1.82) is 0 Å². The molecule has 150 valence electrons. The summed E-state index contributed by atoms with van der Waals surface area (Å²) in [6, 6.07) is 0. The second-order valence-corrected chi connectivity index (χ2v) is 7.75. The van der Waals surface area contributed by atoms with E-state index in [1.807, 2.05) is 0 Å². The van der Waals surface area contributed by atoms with Gasteiger partial charge in [-0.05, 0) is 11.8 Å². The minimum absolute atomic E-state index is 0.0260. The van der Waals surface area contributed by atoms with Crippen LogP contribution >= 0.6 is 11.8 Å². The second kappa shape index (κ2) is 13.6. The number of methoxy groups -OCH3 is 1. The van der Waals surface area contributed by atoms with Crippen molar-refractivity contribution >= 4 is 34.7 Å². The molecule has 0 aromatic rings. The van der Waals surface area contributed by atoms with Crippen LogP contribution in [0.3, 0.4) is 0 Å². The van der Waals surface area contributed by atoms with Crippen LogP contribution in [0, 0.1) is 5.41 Å². The lowest BCUT2D eigenvalue weighted by atomic mass is 9.90. The summed E-state index contributed by atoms with van der Waals surface area (Å²) >= 11 is 1.12. The van der Waals surface area contributed by atoms with E-state index in [1.165, 1.54) is 7.11 Å². The van der Waals surface area contributed by atoms with Crippen LogP contribution in [0.25, 0.3) is 0 Å². The maximum atomic E-state index is 11.7. The highest BCUT2D eigenvalue weighted by Crippen LogP contribution is 2.18. The molecule has 0 aliphatic rings. The Kier molecular flexibility index (Phi) is 12.7. The van der Waals surface area contributed by atoms with E-state index in [0.29, 0.717) is 25.1 Å². The summed E-state index contributed by atoms with van der Waals surface area (Å²) in [7, 11) is 1.31. The van der Waals surface area contributed by atoms with Crippen molar-refractivity contribution in [2.75, 3.05) is 32.6 Å². The topological polar surface area (TPSA) is 122 Å². The van der Waals surface area contributed by atoms with Gasteiger partial charge in [0.25, 0.3) is 0 Å². The summed E-state index contributed by atoms with van der Waals surface area (Å²) in [4.78, 5) is 45.8. The van der Waals surface area contributed by atoms with Gasteiger partial charge in [0.05, 0.1) is 7.11 Å². The van der Waals surface area contributed by atoms with Crippen LogP contribution in [-0.4, -0.2) is 60.6 Å². The Balaban J connectivity index is 3.67. The molecule has 0 aromatic heterocycles. The van der Waals surface area contributed by atoms with Crippen molar-refractivity contribution in [1.82, 2.24) is 10.6 Å². The fraction of sp³-hybridized carbons (Fsp3) is 0.765. The maximum Gasteiger partial charge on any atom is 0.305 e. The molecule has 0 radical (unpaired) electrons.